The van der Waals surface area contributed by atoms with Crippen LogP contribution in [0.1, 0.15) is 16.3 Å². The first-order valence-electron chi connectivity index (χ1n) is 4.59. The molecule has 0 atom stereocenters. The van der Waals surface area contributed by atoms with Crippen molar-refractivity contribution in [2.24, 2.45) is 0 Å². The number of carboxylic acid groups (broad SMARTS) is 1. The second-order valence-corrected chi connectivity index (χ2v) is 4.00. The van der Waals surface area contributed by atoms with Crippen LogP contribution < -0.4 is 0 Å². The van der Waals surface area contributed by atoms with E-state index in [4.69, 9.17) is 5.11 Å². The highest BCUT2D eigenvalue weighted by Crippen LogP contribution is 2.29. The van der Waals surface area contributed by atoms with Crippen molar-refractivity contribution in [1.29, 1.82) is 0 Å². The van der Waals surface area contributed by atoms with E-state index in [0.717, 1.165) is 0 Å². The van der Waals surface area contributed by atoms with Crippen LogP contribution >= 0.6 is 11.5 Å². The zero-order chi connectivity index (χ0) is 15.1. The molecule has 9 nitrogen and oxygen atoms in total. The Labute approximate surface area is 110 Å². The lowest BCUT2D eigenvalue weighted by molar-refractivity contribution is -0.385. The first-order chi connectivity index (χ1) is 9.20. The molecule has 106 valence electrons. The standard InChI is InChI=1S/C7H2F3N5O4S/c8-7(9,10)5-11-6(20-13-5)14-1-2(15(18)19)3(12-14)4(16)17/h1H,(H,16,17). The normalized spacial score (nSPS) is 11.6. The number of hydrogen-bond donors (Lipinski definition) is 1. The van der Waals surface area contributed by atoms with Crippen molar-refractivity contribution in [3.05, 3.63) is 27.8 Å². The minimum absolute atomic E-state index is 0.279. The molecule has 0 spiro atoms. The minimum atomic E-state index is -4.77. The van der Waals surface area contributed by atoms with Crippen LogP contribution in [0.15, 0.2) is 6.20 Å². The molecule has 20 heavy (non-hydrogen) atoms. The van der Waals surface area contributed by atoms with E-state index in [-0.39, 0.29) is 11.5 Å². The number of carbonyl (C=O) groups is 1. The molecule has 0 fully saturated rings. The zero-order valence-electron chi connectivity index (χ0n) is 9.03. The van der Waals surface area contributed by atoms with E-state index in [9.17, 15) is 28.1 Å². The van der Waals surface area contributed by atoms with Crippen molar-refractivity contribution in [3.8, 4) is 5.13 Å². The molecule has 2 heterocycles. The molecule has 2 aromatic heterocycles. The van der Waals surface area contributed by atoms with Gasteiger partial charge in [-0.2, -0.15) is 27.6 Å². The first-order valence-corrected chi connectivity index (χ1v) is 5.36. The Hall–Kier alpha value is -2.57. The average Bonchev–Trinajstić information content (AvgIpc) is 2.94. The van der Waals surface area contributed by atoms with Gasteiger partial charge in [-0.25, -0.2) is 9.48 Å². The van der Waals surface area contributed by atoms with Gasteiger partial charge in [-0.15, -0.1) is 0 Å². The lowest BCUT2D eigenvalue weighted by Gasteiger charge is -1.97. The molecule has 0 unspecified atom stereocenters. The third-order valence-electron chi connectivity index (χ3n) is 1.96. The molecular weight excluding hydrogens is 307 g/mol. The van der Waals surface area contributed by atoms with E-state index in [1.807, 2.05) is 0 Å². The van der Waals surface area contributed by atoms with E-state index >= 15 is 0 Å². The van der Waals surface area contributed by atoms with Crippen molar-refractivity contribution in [2.75, 3.05) is 0 Å². The highest BCUT2D eigenvalue weighted by molar-refractivity contribution is 7.08. The minimum Gasteiger partial charge on any atom is -0.476 e. The first kappa shape index (κ1) is 13.9. The third-order valence-corrected chi connectivity index (χ3v) is 2.66. The summed E-state index contributed by atoms with van der Waals surface area (Å²) in [6.07, 6.45) is -4.12. The molecule has 0 saturated carbocycles. The van der Waals surface area contributed by atoms with Gasteiger partial charge in [-0.05, 0) is 0 Å². The summed E-state index contributed by atoms with van der Waals surface area (Å²) in [4.78, 5) is 23.4. The van der Waals surface area contributed by atoms with Crippen LogP contribution in [0.2, 0.25) is 0 Å². The van der Waals surface area contributed by atoms with Crippen LogP contribution in [-0.4, -0.2) is 35.1 Å². The lowest BCUT2D eigenvalue weighted by atomic mass is 10.4. The Morgan fingerprint density at radius 1 is 1.50 bits per heavy atom. The fourth-order valence-electron chi connectivity index (χ4n) is 1.17. The molecule has 0 aliphatic heterocycles. The number of nitrogens with zero attached hydrogens (tertiary/aromatic N) is 5. The van der Waals surface area contributed by atoms with Gasteiger partial charge in [0.15, 0.2) is 0 Å². The van der Waals surface area contributed by atoms with Crippen LogP contribution in [0.3, 0.4) is 0 Å². The van der Waals surface area contributed by atoms with Gasteiger partial charge in [0.25, 0.3) is 0 Å². The molecule has 1 N–H and O–H groups in total. The van der Waals surface area contributed by atoms with Gasteiger partial charge < -0.3 is 5.11 Å². The monoisotopic (exact) mass is 309 g/mol. The lowest BCUT2D eigenvalue weighted by Crippen LogP contribution is -2.08. The number of nitro groups is 1. The predicted octanol–water partition coefficient (Wildman–Crippen LogP) is 1.35. The van der Waals surface area contributed by atoms with E-state index in [1.54, 1.807) is 0 Å². The second-order valence-electron chi connectivity index (χ2n) is 3.27. The quantitative estimate of drug-likeness (QED) is 0.670. The molecule has 0 bridgehead atoms. The zero-order valence-corrected chi connectivity index (χ0v) is 9.84. The Morgan fingerprint density at radius 2 is 2.15 bits per heavy atom. The molecule has 2 rings (SSSR count). The van der Waals surface area contributed by atoms with E-state index in [1.165, 1.54) is 0 Å². The van der Waals surface area contributed by atoms with Gasteiger partial charge in [0, 0.05) is 11.5 Å². The summed E-state index contributed by atoms with van der Waals surface area (Å²) < 4.78 is 40.5. The Kier molecular flexibility index (Phi) is 3.13. The molecule has 0 aromatic carbocycles. The van der Waals surface area contributed by atoms with Gasteiger partial charge in [-0.1, -0.05) is 0 Å². The summed E-state index contributed by atoms with van der Waals surface area (Å²) in [5.74, 6) is -3.12. The molecule has 0 saturated heterocycles. The summed E-state index contributed by atoms with van der Waals surface area (Å²) >= 11 is 0.279. The van der Waals surface area contributed by atoms with Crippen LogP contribution in [0, 0.1) is 10.1 Å². The summed E-state index contributed by atoms with van der Waals surface area (Å²) in [7, 11) is 0. The summed E-state index contributed by atoms with van der Waals surface area (Å²) in [5.41, 5.74) is -1.76. The Bertz CT molecular complexity index is 661. The van der Waals surface area contributed by atoms with Crippen molar-refractivity contribution in [1.82, 2.24) is 19.1 Å². The summed E-state index contributed by atoms with van der Waals surface area (Å²) in [5, 5.41) is 22.2. The van der Waals surface area contributed by atoms with Gasteiger partial charge in [0.1, 0.15) is 6.20 Å². The van der Waals surface area contributed by atoms with E-state index in [2.05, 4.69) is 14.5 Å². The molecular formula is C7H2F3N5O4S. The SMILES string of the molecule is O=C(O)c1nn(-c2nc(C(F)(F)F)ns2)cc1[N+](=O)[O-]. The average molecular weight is 309 g/mol. The molecule has 0 amide bonds. The van der Waals surface area contributed by atoms with Crippen molar-refractivity contribution >= 4 is 23.2 Å². The Morgan fingerprint density at radius 3 is 2.55 bits per heavy atom. The van der Waals surface area contributed by atoms with Crippen molar-refractivity contribution < 1.29 is 28.0 Å². The highest BCUT2D eigenvalue weighted by atomic mass is 32.1. The van der Waals surface area contributed by atoms with Crippen molar-refractivity contribution in [2.45, 2.75) is 6.18 Å². The van der Waals surface area contributed by atoms with Crippen LogP contribution in [0.25, 0.3) is 5.13 Å². The number of aromatic nitrogens is 4. The second kappa shape index (κ2) is 4.52. The fourth-order valence-corrected chi connectivity index (χ4v) is 1.79. The largest absolute Gasteiger partial charge is 0.476 e. The number of aromatic carboxylic acids is 1. The third kappa shape index (κ3) is 2.42. The number of hydrogen-bond acceptors (Lipinski definition) is 7. The fraction of sp³-hybridized carbons (Fsp3) is 0.143. The maximum absolute atomic E-state index is 12.3. The Balaban J connectivity index is 2.49. The molecule has 0 aliphatic rings. The van der Waals surface area contributed by atoms with Gasteiger partial charge in [-0.3, -0.25) is 10.1 Å². The smallest absolute Gasteiger partial charge is 0.452 e. The van der Waals surface area contributed by atoms with Crippen LogP contribution in [-0.2, 0) is 6.18 Å². The maximum atomic E-state index is 12.3. The summed E-state index contributed by atoms with van der Waals surface area (Å²) in [6.45, 7) is 0. The molecule has 0 radical (unpaired) electrons. The summed E-state index contributed by atoms with van der Waals surface area (Å²) in [6, 6.07) is 0. The predicted molar refractivity (Wildman–Crippen MR) is 55.6 cm³/mol. The van der Waals surface area contributed by atoms with Gasteiger partial charge in [0.2, 0.25) is 16.6 Å². The number of rotatable bonds is 3. The number of alkyl halides is 3. The van der Waals surface area contributed by atoms with E-state index in [0.29, 0.717) is 10.9 Å². The van der Waals surface area contributed by atoms with E-state index < -0.39 is 39.4 Å². The highest BCUT2D eigenvalue weighted by Gasteiger charge is 2.36. The number of carboxylic acids is 1. The molecule has 0 aliphatic carbocycles. The topological polar surface area (TPSA) is 124 Å². The van der Waals surface area contributed by atoms with Crippen molar-refractivity contribution in [3.63, 3.8) is 0 Å². The molecule has 13 heteroatoms. The molecule has 2 aromatic rings. The van der Waals surface area contributed by atoms with Crippen LogP contribution in [0.4, 0.5) is 18.9 Å². The number of halogens is 3. The van der Waals surface area contributed by atoms with Gasteiger partial charge in [0.05, 0.1) is 4.92 Å². The van der Waals surface area contributed by atoms with Gasteiger partial charge >= 0.3 is 17.8 Å². The van der Waals surface area contributed by atoms with Crippen LogP contribution in [0.5, 0.6) is 0 Å². The maximum Gasteiger partial charge on any atom is 0.452 e.